The number of nitrogens with zero attached hydrogens (tertiary/aromatic N) is 2. The summed E-state index contributed by atoms with van der Waals surface area (Å²) in [6, 6.07) is 13.3. The lowest BCUT2D eigenvalue weighted by Crippen LogP contribution is -2.48. The second-order valence-electron chi connectivity index (χ2n) is 7.47. The van der Waals surface area contributed by atoms with Gasteiger partial charge in [0.1, 0.15) is 0 Å². The molecular formula is C21H25N3O3S. The van der Waals surface area contributed by atoms with Gasteiger partial charge in [-0.05, 0) is 48.2 Å². The minimum absolute atomic E-state index is 0.0205. The lowest BCUT2D eigenvalue weighted by Gasteiger charge is -2.34. The van der Waals surface area contributed by atoms with Crippen molar-refractivity contribution < 1.29 is 13.2 Å². The molecule has 2 aromatic rings. The first kappa shape index (κ1) is 19.1. The number of rotatable bonds is 4. The van der Waals surface area contributed by atoms with Gasteiger partial charge in [-0.1, -0.05) is 24.3 Å². The van der Waals surface area contributed by atoms with Crippen LogP contribution in [0.15, 0.2) is 47.4 Å². The van der Waals surface area contributed by atoms with Crippen molar-refractivity contribution in [1.29, 1.82) is 0 Å². The van der Waals surface area contributed by atoms with Crippen molar-refractivity contribution in [3.05, 3.63) is 59.2 Å². The number of fused-ring (bicyclic) bond motifs is 1. The molecule has 0 aromatic heterocycles. The van der Waals surface area contributed by atoms with Crippen molar-refractivity contribution in [2.24, 2.45) is 0 Å². The Hall–Kier alpha value is -2.22. The maximum absolute atomic E-state index is 13.1. The summed E-state index contributed by atoms with van der Waals surface area (Å²) in [6.07, 6.45) is 0.975. The molecule has 0 radical (unpaired) electrons. The molecule has 1 saturated heterocycles. The topological polar surface area (TPSA) is 69.7 Å². The number of amides is 1. The number of sulfonamides is 1. The predicted octanol–water partition coefficient (Wildman–Crippen LogP) is 2.39. The van der Waals surface area contributed by atoms with Crippen molar-refractivity contribution in [1.82, 2.24) is 9.21 Å². The van der Waals surface area contributed by atoms with E-state index >= 15 is 0 Å². The molecule has 0 unspecified atom stereocenters. The highest BCUT2D eigenvalue weighted by Gasteiger charge is 2.29. The predicted molar refractivity (Wildman–Crippen MR) is 109 cm³/mol. The first-order valence-electron chi connectivity index (χ1n) is 9.63. The smallest absolute Gasteiger partial charge is 0.243 e. The SMILES string of the molecule is Cc1ccccc1CN1CCN(S(=O)(=O)c2ccc3c(c2)CCC(=O)N3)CC1. The van der Waals surface area contributed by atoms with E-state index in [1.165, 1.54) is 11.1 Å². The molecule has 2 aromatic carbocycles. The van der Waals surface area contributed by atoms with Crippen molar-refractivity contribution in [2.75, 3.05) is 31.5 Å². The van der Waals surface area contributed by atoms with Crippen LogP contribution in [-0.4, -0.2) is 49.7 Å². The van der Waals surface area contributed by atoms with Crippen molar-refractivity contribution in [3.8, 4) is 0 Å². The summed E-state index contributed by atoms with van der Waals surface area (Å²) in [5.74, 6) is -0.0205. The van der Waals surface area contributed by atoms with E-state index in [1.54, 1.807) is 22.5 Å². The second-order valence-corrected chi connectivity index (χ2v) is 9.41. The average Bonchev–Trinajstić information content (AvgIpc) is 2.69. The third-order valence-electron chi connectivity index (χ3n) is 5.60. The molecule has 4 rings (SSSR count). The Bertz CT molecular complexity index is 996. The number of benzene rings is 2. The summed E-state index contributed by atoms with van der Waals surface area (Å²) in [6.45, 7) is 5.36. The van der Waals surface area contributed by atoms with E-state index in [9.17, 15) is 13.2 Å². The molecule has 0 saturated carbocycles. The third kappa shape index (κ3) is 3.83. The van der Waals surface area contributed by atoms with Crippen LogP contribution < -0.4 is 5.32 Å². The lowest BCUT2D eigenvalue weighted by molar-refractivity contribution is -0.116. The third-order valence-corrected chi connectivity index (χ3v) is 7.49. The Morgan fingerprint density at radius 1 is 1.00 bits per heavy atom. The molecule has 0 bridgehead atoms. The Morgan fingerprint density at radius 3 is 2.50 bits per heavy atom. The highest BCUT2D eigenvalue weighted by Crippen LogP contribution is 2.27. The standard InChI is InChI=1S/C21H25N3O3S/c1-16-4-2-3-5-18(16)15-23-10-12-24(13-11-23)28(26,27)19-7-8-20-17(14-19)6-9-21(25)22-20/h2-5,7-8,14H,6,9-13,15H2,1H3,(H,22,25). The van der Waals surface area contributed by atoms with Crippen LogP contribution in [0.3, 0.4) is 0 Å². The van der Waals surface area contributed by atoms with Crippen LogP contribution in [0, 0.1) is 6.92 Å². The van der Waals surface area contributed by atoms with Gasteiger partial charge in [0.15, 0.2) is 0 Å². The number of anilines is 1. The fourth-order valence-electron chi connectivity index (χ4n) is 3.83. The van der Waals surface area contributed by atoms with Crippen LogP contribution in [0.25, 0.3) is 0 Å². The summed E-state index contributed by atoms with van der Waals surface area (Å²) in [7, 11) is -3.52. The number of carbonyl (C=O) groups is 1. The lowest BCUT2D eigenvalue weighted by atomic mass is 10.0. The summed E-state index contributed by atoms with van der Waals surface area (Å²) in [5, 5.41) is 2.80. The molecule has 28 heavy (non-hydrogen) atoms. The molecule has 0 spiro atoms. The number of piperazine rings is 1. The molecular weight excluding hydrogens is 374 g/mol. The molecule has 2 aliphatic rings. The minimum Gasteiger partial charge on any atom is -0.326 e. The molecule has 148 valence electrons. The highest BCUT2D eigenvalue weighted by molar-refractivity contribution is 7.89. The van der Waals surface area contributed by atoms with Gasteiger partial charge in [0.25, 0.3) is 0 Å². The van der Waals surface area contributed by atoms with Gasteiger partial charge in [0.05, 0.1) is 4.90 Å². The van der Waals surface area contributed by atoms with E-state index in [1.807, 2.05) is 12.1 Å². The Labute approximate surface area is 166 Å². The zero-order valence-corrected chi connectivity index (χ0v) is 16.8. The van der Waals surface area contributed by atoms with E-state index in [4.69, 9.17) is 0 Å². The van der Waals surface area contributed by atoms with Crippen molar-refractivity contribution in [2.45, 2.75) is 31.2 Å². The van der Waals surface area contributed by atoms with Gasteiger partial charge in [-0.25, -0.2) is 8.42 Å². The van der Waals surface area contributed by atoms with Gasteiger partial charge in [-0.2, -0.15) is 4.31 Å². The molecule has 1 N–H and O–H groups in total. The number of carbonyl (C=O) groups excluding carboxylic acids is 1. The number of hydrogen-bond donors (Lipinski definition) is 1. The van der Waals surface area contributed by atoms with E-state index < -0.39 is 10.0 Å². The van der Waals surface area contributed by atoms with Crippen molar-refractivity contribution >= 4 is 21.6 Å². The molecule has 2 heterocycles. The maximum Gasteiger partial charge on any atom is 0.243 e. The molecule has 1 amide bonds. The first-order valence-corrected chi connectivity index (χ1v) is 11.1. The summed E-state index contributed by atoms with van der Waals surface area (Å²) < 4.78 is 27.7. The molecule has 6 nitrogen and oxygen atoms in total. The van der Waals surface area contributed by atoms with Gasteiger partial charge in [0.2, 0.25) is 15.9 Å². The van der Waals surface area contributed by atoms with Gasteiger partial charge in [-0.15, -0.1) is 0 Å². The molecule has 0 atom stereocenters. The number of aryl methyl sites for hydroxylation is 2. The van der Waals surface area contributed by atoms with Gasteiger partial charge in [-0.3, -0.25) is 9.69 Å². The van der Waals surface area contributed by atoms with Crippen LogP contribution in [0.1, 0.15) is 23.1 Å². The fourth-order valence-corrected chi connectivity index (χ4v) is 5.30. The maximum atomic E-state index is 13.1. The Morgan fingerprint density at radius 2 is 1.75 bits per heavy atom. The number of nitrogens with one attached hydrogen (secondary N) is 1. The normalized spacial score (nSPS) is 18.5. The monoisotopic (exact) mass is 399 g/mol. The van der Waals surface area contributed by atoms with E-state index in [0.717, 1.165) is 17.8 Å². The molecule has 1 fully saturated rings. The van der Waals surface area contributed by atoms with Crippen LogP contribution in [0.2, 0.25) is 0 Å². The van der Waals surface area contributed by atoms with Gasteiger partial charge in [0, 0.05) is 44.8 Å². The van der Waals surface area contributed by atoms with E-state index in [2.05, 4.69) is 29.3 Å². The quantitative estimate of drug-likeness (QED) is 0.857. The molecule has 7 heteroatoms. The Kier molecular flexibility index (Phi) is 5.23. The minimum atomic E-state index is -3.52. The van der Waals surface area contributed by atoms with E-state index in [0.29, 0.717) is 43.9 Å². The van der Waals surface area contributed by atoms with Crippen LogP contribution in [0.4, 0.5) is 5.69 Å². The molecule has 0 aliphatic carbocycles. The zero-order chi connectivity index (χ0) is 19.7. The van der Waals surface area contributed by atoms with Crippen molar-refractivity contribution in [3.63, 3.8) is 0 Å². The van der Waals surface area contributed by atoms with Crippen LogP contribution in [0.5, 0.6) is 0 Å². The Balaban J connectivity index is 1.44. The summed E-state index contributed by atoms with van der Waals surface area (Å²) in [5.41, 5.74) is 4.16. The highest BCUT2D eigenvalue weighted by atomic mass is 32.2. The largest absolute Gasteiger partial charge is 0.326 e. The zero-order valence-electron chi connectivity index (χ0n) is 16.0. The summed E-state index contributed by atoms with van der Waals surface area (Å²) in [4.78, 5) is 14.1. The van der Waals surface area contributed by atoms with Gasteiger partial charge < -0.3 is 5.32 Å². The number of hydrogen-bond acceptors (Lipinski definition) is 4. The van der Waals surface area contributed by atoms with Crippen LogP contribution in [-0.2, 0) is 27.8 Å². The van der Waals surface area contributed by atoms with Crippen LogP contribution >= 0.6 is 0 Å². The molecule has 2 aliphatic heterocycles. The fraction of sp³-hybridized carbons (Fsp3) is 0.381. The van der Waals surface area contributed by atoms with Gasteiger partial charge >= 0.3 is 0 Å². The summed E-state index contributed by atoms with van der Waals surface area (Å²) >= 11 is 0. The average molecular weight is 400 g/mol. The second kappa shape index (κ2) is 7.66. The first-order chi connectivity index (χ1) is 13.4. The van der Waals surface area contributed by atoms with E-state index in [-0.39, 0.29) is 5.91 Å².